The maximum Gasteiger partial charge on any atom is 0.254 e. The number of aromatic amines is 1. The molecule has 4 aromatic rings. The predicted octanol–water partition coefficient (Wildman–Crippen LogP) is 4.73. The van der Waals surface area contributed by atoms with Crippen LogP contribution >= 0.6 is 0 Å². The molecule has 0 aliphatic heterocycles. The highest BCUT2D eigenvalue weighted by Crippen LogP contribution is 2.40. The molecular weight excluding hydrogens is 457 g/mol. The lowest BCUT2D eigenvalue weighted by Gasteiger charge is -2.17. The van der Waals surface area contributed by atoms with Gasteiger partial charge in [-0.1, -0.05) is 30.3 Å². The van der Waals surface area contributed by atoms with Crippen LogP contribution in [0.15, 0.2) is 60.0 Å². The fourth-order valence-corrected chi connectivity index (χ4v) is 4.90. The Balaban J connectivity index is 2.02. The van der Waals surface area contributed by atoms with Crippen LogP contribution in [-0.4, -0.2) is 24.4 Å². The minimum absolute atomic E-state index is 0.0119. The van der Waals surface area contributed by atoms with Gasteiger partial charge in [0.2, 0.25) is 0 Å². The summed E-state index contributed by atoms with van der Waals surface area (Å²) in [5.74, 6) is -1.47. The molecule has 0 radical (unpaired) electrons. The average Bonchev–Trinajstić information content (AvgIpc) is 3.10. The monoisotopic (exact) mass is 481 g/mol. The summed E-state index contributed by atoms with van der Waals surface area (Å²) in [5.41, 5.74) is 6.85. The highest BCUT2D eigenvalue weighted by molar-refractivity contribution is 7.95. The van der Waals surface area contributed by atoms with E-state index in [4.69, 9.17) is 5.73 Å². The molecule has 0 fully saturated rings. The molecule has 176 valence electrons. The summed E-state index contributed by atoms with van der Waals surface area (Å²) in [4.78, 5) is 15.3. The molecule has 0 aliphatic rings. The van der Waals surface area contributed by atoms with Crippen LogP contribution in [0.1, 0.15) is 36.7 Å². The number of nitrogens with two attached hydrogens (primary N) is 1. The number of nitrogens with one attached hydrogen (secondary N) is 2. The SMILES string of the molecule is CC=CS(=O)(=O)Nc1cccc(-c2c(F)cc(C(N)=O)c3[nH]c4cc(C(C)(C)O)ccc4c23)c1. The second-order valence-electron chi connectivity index (χ2n) is 8.54. The Morgan fingerprint density at radius 2 is 1.91 bits per heavy atom. The van der Waals surface area contributed by atoms with E-state index in [1.54, 1.807) is 57.2 Å². The molecule has 1 aromatic heterocycles. The van der Waals surface area contributed by atoms with E-state index < -0.39 is 27.3 Å². The van der Waals surface area contributed by atoms with Crippen molar-refractivity contribution in [3.8, 4) is 11.1 Å². The standard InChI is InChI=1S/C25H24FN3O4S/c1-4-10-34(32,33)29-16-7-5-6-14(11-16)21-19(26)13-18(24(27)30)23-22(21)17-9-8-15(25(2,3)31)12-20(17)28-23/h4-13,28-29,31H,1-3H3,(H2,27,30). The van der Waals surface area contributed by atoms with Gasteiger partial charge in [0, 0.05) is 32.9 Å². The minimum Gasteiger partial charge on any atom is -0.386 e. The van der Waals surface area contributed by atoms with E-state index in [1.165, 1.54) is 12.1 Å². The van der Waals surface area contributed by atoms with Crippen molar-refractivity contribution in [3.05, 3.63) is 77.0 Å². The normalized spacial score (nSPS) is 12.6. The van der Waals surface area contributed by atoms with Crippen LogP contribution in [0.2, 0.25) is 0 Å². The van der Waals surface area contributed by atoms with Gasteiger partial charge in [0.1, 0.15) is 5.82 Å². The molecule has 1 heterocycles. The first-order valence-corrected chi connectivity index (χ1v) is 12.0. The molecule has 0 atom stereocenters. The number of benzene rings is 3. The third-order valence-corrected chi connectivity index (χ3v) is 6.68. The van der Waals surface area contributed by atoms with E-state index in [9.17, 15) is 18.3 Å². The van der Waals surface area contributed by atoms with Crippen LogP contribution in [0, 0.1) is 5.82 Å². The summed E-state index contributed by atoms with van der Waals surface area (Å²) in [5, 5.41) is 12.5. The number of H-pyrrole nitrogens is 1. The predicted molar refractivity (Wildman–Crippen MR) is 132 cm³/mol. The lowest BCUT2D eigenvalue weighted by atomic mass is 9.94. The van der Waals surface area contributed by atoms with Crippen molar-refractivity contribution >= 4 is 43.4 Å². The minimum atomic E-state index is -3.71. The number of halogens is 1. The maximum atomic E-state index is 15.5. The van der Waals surface area contributed by atoms with Crippen molar-refractivity contribution in [2.45, 2.75) is 26.4 Å². The van der Waals surface area contributed by atoms with Crippen molar-refractivity contribution in [2.24, 2.45) is 5.73 Å². The number of carbonyl (C=O) groups excluding carboxylic acids is 1. The van der Waals surface area contributed by atoms with Gasteiger partial charge in [0.05, 0.1) is 16.7 Å². The Morgan fingerprint density at radius 3 is 2.56 bits per heavy atom. The third-order valence-electron chi connectivity index (χ3n) is 5.53. The summed E-state index contributed by atoms with van der Waals surface area (Å²) in [7, 11) is -3.71. The second-order valence-corrected chi connectivity index (χ2v) is 10.1. The van der Waals surface area contributed by atoms with Gasteiger partial charge in [-0.25, -0.2) is 12.8 Å². The van der Waals surface area contributed by atoms with Gasteiger partial charge in [-0.3, -0.25) is 9.52 Å². The van der Waals surface area contributed by atoms with Crippen LogP contribution in [0.5, 0.6) is 0 Å². The summed E-state index contributed by atoms with van der Waals surface area (Å²) >= 11 is 0. The molecule has 0 bridgehead atoms. The maximum absolute atomic E-state index is 15.5. The number of sulfonamides is 1. The van der Waals surface area contributed by atoms with Crippen LogP contribution in [-0.2, 0) is 15.6 Å². The van der Waals surface area contributed by atoms with Gasteiger partial charge in [-0.2, -0.15) is 0 Å². The van der Waals surface area contributed by atoms with E-state index in [2.05, 4.69) is 9.71 Å². The lowest BCUT2D eigenvalue weighted by Crippen LogP contribution is -2.14. The second kappa shape index (κ2) is 8.27. The van der Waals surface area contributed by atoms with Crippen LogP contribution < -0.4 is 10.5 Å². The van der Waals surface area contributed by atoms with Crippen LogP contribution in [0.4, 0.5) is 10.1 Å². The largest absolute Gasteiger partial charge is 0.386 e. The molecule has 3 aromatic carbocycles. The van der Waals surface area contributed by atoms with Gasteiger partial charge >= 0.3 is 0 Å². The Morgan fingerprint density at radius 1 is 1.18 bits per heavy atom. The number of allylic oxidation sites excluding steroid dienone is 1. The lowest BCUT2D eigenvalue weighted by molar-refractivity contribution is 0.0787. The van der Waals surface area contributed by atoms with E-state index >= 15 is 4.39 Å². The first kappa shape index (κ1) is 23.5. The third kappa shape index (κ3) is 4.27. The number of hydrogen-bond donors (Lipinski definition) is 4. The molecule has 34 heavy (non-hydrogen) atoms. The molecule has 4 rings (SSSR count). The van der Waals surface area contributed by atoms with Crippen molar-refractivity contribution < 1.29 is 22.7 Å². The molecule has 5 N–H and O–H groups in total. The van der Waals surface area contributed by atoms with Crippen molar-refractivity contribution in [3.63, 3.8) is 0 Å². The number of aromatic nitrogens is 1. The molecule has 0 aliphatic carbocycles. The summed E-state index contributed by atoms with van der Waals surface area (Å²) in [6.07, 6.45) is 1.39. The van der Waals surface area contributed by atoms with Crippen molar-refractivity contribution in [1.82, 2.24) is 4.98 Å². The molecular formula is C25H24FN3O4S. The zero-order valence-corrected chi connectivity index (χ0v) is 19.6. The molecule has 0 saturated heterocycles. The van der Waals surface area contributed by atoms with Gasteiger partial charge in [-0.15, -0.1) is 0 Å². The van der Waals surface area contributed by atoms with Gasteiger partial charge in [-0.05, 0) is 56.2 Å². The van der Waals surface area contributed by atoms with Gasteiger partial charge < -0.3 is 15.8 Å². The number of fused-ring (bicyclic) bond motifs is 3. The quantitative estimate of drug-likeness (QED) is 0.318. The Kier molecular flexibility index (Phi) is 5.71. The zero-order valence-electron chi connectivity index (χ0n) is 18.8. The number of amides is 1. The first-order chi connectivity index (χ1) is 15.9. The summed E-state index contributed by atoms with van der Waals surface area (Å²) in [6.45, 7) is 4.89. The van der Waals surface area contributed by atoms with E-state index in [0.29, 0.717) is 32.9 Å². The fraction of sp³-hybridized carbons (Fsp3) is 0.160. The molecule has 7 nitrogen and oxygen atoms in total. The number of primary amides is 1. The molecule has 1 amide bonds. The topological polar surface area (TPSA) is 125 Å². The Bertz CT molecular complexity index is 1580. The molecule has 0 unspecified atom stereocenters. The highest BCUT2D eigenvalue weighted by Gasteiger charge is 2.23. The Hall–Kier alpha value is -3.69. The van der Waals surface area contributed by atoms with E-state index in [0.717, 1.165) is 11.5 Å². The molecule has 0 saturated carbocycles. The number of hydrogen-bond acceptors (Lipinski definition) is 4. The van der Waals surface area contributed by atoms with Crippen LogP contribution in [0.3, 0.4) is 0 Å². The van der Waals surface area contributed by atoms with Crippen LogP contribution in [0.25, 0.3) is 32.9 Å². The fourth-order valence-electron chi connectivity index (χ4n) is 4.02. The molecule has 0 spiro atoms. The first-order valence-electron chi connectivity index (χ1n) is 10.5. The Labute approximate surface area is 196 Å². The number of aliphatic hydroxyl groups is 1. The zero-order chi connectivity index (χ0) is 24.8. The number of anilines is 1. The van der Waals surface area contributed by atoms with Crippen molar-refractivity contribution in [1.29, 1.82) is 0 Å². The number of carbonyl (C=O) groups is 1. The molecule has 9 heteroatoms. The summed E-state index contributed by atoms with van der Waals surface area (Å²) in [6, 6.07) is 12.6. The van der Waals surface area contributed by atoms with Gasteiger partial charge in [0.15, 0.2) is 0 Å². The van der Waals surface area contributed by atoms with Crippen molar-refractivity contribution in [2.75, 3.05) is 4.72 Å². The summed E-state index contributed by atoms with van der Waals surface area (Å²) < 4.78 is 42.2. The van der Waals surface area contributed by atoms with Gasteiger partial charge in [0.25, 0.3) is 15.9 Å². The average molecular weight is 482 g/mol. The van der Waals surface area contributed by atoms with E-state index in [1.807, 2.05) is 0 Å². The number of rotatable bonds is 6. The van der Waals surface area contributed by atoms with E-state index in [-0.39, 0.29) is 16.8 Å². The smallest absolute Gasteiger partial charge is 0.254 e. The highest BCUT2D eigenvalue weighted by atomic mass is 32.2.